The first-order valence-corrected chi connectivity index (χ1v) is 6.45. The van der Waals surface area contributed by atoms with E-state index in [-0.39, 0.29) is 0 Å². The van der Waals surface area contributed by atoms with E-state index in [1.54, 1.807) is 0 Å². The molecule has 0 aromatic heterocycles. The molecule has 0 radical (unpaired) electrons. The van der Waals surface area contributed by atoms with Gasteiger partial charge in [-0.25, -0.2) is 0 Å². The van der Waals surface area contributed by atoms with Crippen LogP contribution in [0.1, 0.15) is 40.0 Å². The van der Waals surface area contributed by atoms with Crippen molar-refractivity contribution in [3.8, 4) is 0 Å². The van der Waals surface area contributed by atoms with Crippen LogP contribution in [0.4, 0.5) is 0 Å². The van der Waals surface area contributed by atoms with E-state index >= 15 is 0 Å². The fourth-order valence-electron chi connectivity index (χ4n) is 1.49. The molecule has 1 rings (SSSR count). The van der Waals surface area contributed by atoms with E-state index in [9.17, 15) is 0 Å². The molecule has 1 heterocycles. The van der Waals surface area contributed by atoms with E-state index in [1.807, 2.05) is 0 Å². The Morgan fingerprint density at radius 2 is 2.15 bits per heavy atom. The van der Waals surface area contributed by atoms with Crippen molar-refractivity contribution in [3.05, 3.63) is 0 Å². The molecule has 0 aromatic carbocycles. The molecule has 1 saturated heterocycles. The third-order valence-corrected chi connectivity index (χ3v) is 3.77. The minimum atomic E-state index is 0.509. The quantitative estimate of drug-likeness (QED) is 0.753. The zero-order valence-electron chi connectivity index (χ0n) is 9.23. The number of rotatable bonds is 3. The molecule has 1 aliphatic heterocycles. The minimum absolute atomic E-state index is 0.509. The van der Waals surface area contributed by atoms with Gasteiger partial charge < -0.3 is 5.32 Å². The monoisotopic (exact) mass is 201 g/mol. The average molecular weight is 201 g/mol. The van der Waals surface area contributed by atoms with Gasteiger partial charge in [-0.15, -0.1) is 0 Å². The van der Waals surface area contributed by atoms with Gasteiger partial charge in [0.25, 0.3) is 0 Å². The van der Waals surface area contributed by atoms with Gasteiger partial charge in [0.05, 0.1) is 0 Å². The number of thioether (sulfide) groups is 1. The molecule has 13 heavy (non-hydrogen) atoms. The lowest BCUT2D eigenvalue weighted by Gasteiger charge is -2.24. The number of hydrogen-bond acceptors (Lipinski definition) is 2. The molecule has 0 aliphatic carbocycles. The summed E-state index contributed by atoms with van der Waals surface area (Å²) in [6.07, 6.45) is 4.13. The molecule has 1 fully saturated rings. The van der Waals surface area contributed by atoms with Crippen molar-refractivity contribution < 1.29 is 0 Å². The third kappa shape index (κ3) is 5.58. The molecular formula is C11H23NS. The Bertz CT molecular complexity index is 134. The Kier molecular flexibility index (Phi) is 4.60. The van der Waals surface area contributed by atoms with Gasteiger partial charge in [0, 0.05) is 11.8 Å². The molecule has 0 aromatic rings. The van der Waals surface area contributed by atoms with Crippen LogP contribution in [-0.2, 0) is 0 Å². The van der Waals surface area contributed by atoms with Crippen LogP contribution < -0.4 is 5.32 Å². The highest BCUT2D eigenvalue weighted by molar-refractivity contribution is 7.99. The first kappa shape index (κ1) is 11.4. The summed E-state index contributed by atoms with van der Waals surface area (Å²) in [5, 5.41) is 4.35. The second kappa shape index (κ2) is 5.26. The molecule has 1 aliphatic rings. The highest BCUT2D eigenvalue weighted by atomic mass is 32.2. The Morgan fingerprint density at radius 1 is 1.38 bits per heavy atom. The summed E-state index contributed by atoms with van der Waals surface area (Å²) in [6, 6.07) is 0. The molecule has 1 N–H and O–H groups in total. The normalized spacial score (nSPS) is 24.7. The van der Waals surface area contributed by atoms with E-state index in [0.29, 0.717) is 5.41 Å². The molecule has 0 bridgehead atoms. The second-order valence-corrected chi connectivity index (χ2v) is 6.56. The fraction of sp³-hybridized carbons (Fsp3) is 1.00. The summed E-state index contributed by atoms with van der Waals surface area (Å²) in [4.78, 5) is 0. The Morgan fingerprint density at radius 3 is 2.69 bits per heavy atom. The van der Waals surface area contributed by atoms with Gasteiger partial charge in [-0.3, -0.25) is 0 Å². The molecular weight excluding hydrogens is 178 g/mol. The molecule has 0 spiro atoms. The molecule has 2 heteroatoms. The van der Waals surface area contributed by atoms with E-state index in [2.05, 4.69) is 37.8 Å². The summed E-state index contributed by atoms with van der Waals surface area (Å²) in [6.45, 7) is 9.44. The number of nitrogens with one attached hydrogen (secondary N) is 1. The zero-order valence-corrected chi connectivity index (χ0v) is 10.0. The van der Waals surface area contributed by atoms with Gasteiger partial charge in [0.2, 0.25) is 0 Å². The minimum Gasteiger partial charge on any atom is -0.316 e. The smallest absolute Gasteiger partial charge is 0.0172 e. The van der Waals surface area contributed by atoms with E-state index < -0.39 is 0 Å². The van der Waals surface area contributed by atoms with Crippen LogP contribution in [0.15, 0.2) is 0 Å². The first-order valence-electron chi connectivity index (χ1n) is 5.40. The van der Waals surface area contributed by atoms with Gasteiger partial charge in [0.1, 0.15) is 0 Å². The average Bonchev–Trinajstić information content (AvgIpc) is 2.04. The van der Waals surface area contributed by atoms with E-state index in [4.69, 9.17) is 0 Å². The SMILES string of the molecule is CC(C)(C)CCSC1CCCNC1. The van der Waals surface area contributed by atoms with Crippen molar-refractivity contribution in [1.29, 1.82) is 0 Å². The van der Waals surface area contributed by atoms with Crippen molar-refractivity contribution in [3.63, 3.8) is 0 Å². The number of hydrogen-bond donors (Lipinski definition) is 1. The van der Waals surface area contributed by atoms with E-state index in [1.165, 1.54) is 38.1 Å². The van der Waals surface area contributed by atoms with Crippen LogP contribution in [0.25, 0.3) is 0 Å². The Labute approximate surface area is 87.1 Å². The second-order valence-electron chi connectivity index (χ2n) is 5.15. The zero-order chi connectivity index (χ0) is 9.73. The Hall–Kier alpha value is 0.310. The van der Waals surface area contributed by atoms with Crippen LogP contribution >= 0.6 is 11.8 Å². The highest BCUT2D eigenvalue weighted by Crippen LogP contribution is 2.25. The van der Waals surface area contributed by atoms with Crippen molar-refractivity contribution in [2.45, 2.75) is 45.3 Å². The summed E-state index contributed by atoms with van der Waals surface area (Å²) in [5.41, 5.74) is 0.509. The van der Waals surface area contributed by atoms with Gasteiger partial charge in [0.15, 0.2) is 0 Å². The molecule has 1 nitrogen and oxygen atoms in total. The Balaban J connectivity index is 2.04. The van der Waals surface area contributed by atoms with Crippen molar-refractivity contribution in [1.82, 2.24) is 5.32 Å². The van der Waals surface area contributed by atoms with Crippen LogP contribution in [-0.4, -0.2) is 24.1 Å². The van der Waals surface area contributed by atoms with Crippen LogP contribution in [0.2, 0.25) is 0 Å². The van der Waals surface area contributed by atoms with Crippen LogP contribution in [0, 0.1) is 5.41 Å². The largest absolute Gasteiger partial charge is 0.316 e. The lowest BCUT2D eigenvalue weighted by molar-refractivity contribution is 0.401. The fourth-order valence-corrected chi connectivity index (χ4v) is 3.13. The maximum absolute atomic E-state index is 3.46. The molecule has 1 atom stereocenters. The maximum Gasteiger partial charge on any atom is 0.0172 e. The van der Waals surface area contributed by atoms with Crippen LogP contribution in [0.5, 0.6) is 0 Å². The van der Waals surface area contributed by atoms with Crippen molar-refractivity contribution in [2.24, 2.45) is 5.41 Å². The maximum atomic E-state index is 3.46. The predicted octanol–water partition coefficient (Wildman–Crippen LogP) is 2.91. The lowest BCUT2D eigenvalue weighted by Crippen LogP contribution is -2.31. The van der Waals surface area contributed by atoms with Gasteiger partial charge in [-0.2, -0.15) is 11.8 Å². The molecule has 0 amide bonds. The molecule has 1 unspecified atom stereocenters. The summed E-state index contributed by atoms with van der Waals surface area (Å²) in [7, 11) is 0. The van der Waals surface area contributed by atoms with Gasteiger partial charge in [-0.1, -0.05) is 20.8 Å². The topological polar surface area (TPSA) is 12.0 Å². The van der Waals surface area contributed by atoms with Crippen molar-refractivity contribution >= 4 is 11.8 Å². The summed E-state index contributed by atoms with van der Waals surface area (Å²) < 4.78 is 0. The van der Waals surface area contributed by atoms with Gasteiger partial charge >= 0.3 is 0 Å². The first-order chi connectivity index (χ1) is 6.08. The van der Waals surface area contributed by atoms with Crippen LogP contribution in [0.3, 0.4) is 0 Å². The van der Waals surface area contributed by atoms with Crippen molar-refractivity contribution in [2.75, 3.05) is 18.8 Å². The van der Waals surface area contributed by atoms with E-state index in [0.717, 1.165) is 5.25 Å². The summed E-state index contributed by atoms with van der Waals surface area (Å²) >= 11 is 2.16. The highest BCUT2D eigenvalue weighted by Gasteiger charge is 2.15. The summed E-state index contributed by atoms with van der Waals surface area (Å²) in [5.74, 6) is 1.33. The number of piperidine rings is 1. The third-order valence-electron chi connectivity index (χ3n) is 2.46. The van der Waals surface area contributed by atoms with Gasteiger partial charge in [-0.05, 0) is 37.0 Å². The predicted molar refractivity (Wildman–Crippen MR) is 62.4 cm³/mol. The molecule has 0 saturated carbocycles. The molecule has 78 valence electrons. The standard InChI is InChI=1S/C11H23NS/c1-11(2,3)6-8-13-10-5-4-7-12-9-10/h10,12H,4-9H2,1-3H3. The lowest BCUT2D eigenvalue weighted by atomic mass is 9.94.